The summed E-state index contributed by atoms with van der Waals surface area (Å²) in [6, 6.07) is 14.0. The standard InChI is InChI=1S/C33H31FO11S/c1-17-7-10-23(15-25(17)29(39)28-14-13-27(46-28)22-8-11-24(34)12-9-22)33(40-6)32(44-21(5)38)31(43-20(4)37)30(42-19(3)36)26(45-33)16-41-18(2)35/h7-16,30-32H,1-6H3/b26-16-/t30-,31?,32-,33?/m1/s1. The second-order valence-corrected chi connectivity index (χ2v) is 11.4. The van der Waals surface area contributed by atoms with Crippen LogP contribution < -0.4 is 0 Å². The van der Waals surface area contributed by atoms with Gasteiger partial charge in [-0.15, -0.1) is 11.3 Å². The Balaban J connectivity index is 1.86. The van der Waals surface area contributed by atoms with Crippen LogP contribution in [0.5, 0.6) is 0 Å². The van der Waals surface area contributed by atoms with Crippen LogP contribution in [0.1, 0.15) is 54.1 Å². The van der Waals surface area contributed by atoms with Crippen LogP contribution in [0, 0.1) is 12.7 Å². The number of aryl methyl sites for hydroxylation is 1. The first-order valence-electron chi connectivity index (χ1n) is 13.9. The summed E-state index contributed by atoms with van der Waals surface area (Å²) in [5, 5.41) is 0. The topological polar surface area (TPSA) is 141 Å². The molecular weight excluding hydrogens is 623 g/mol. The molecule has 0 radical (unpaired) electrons. The maximum Gasteiger partial charge on any atom is 0.307 e. The second kappa shape index (κ2) is 14.0. The van der Waals surface area contributed by atoms with Crippen LogP contribution in [0.4, 0.5) is 4.39 Å². The summed E-state index contributed by atoms with van der Waals surface area (Å²) in [6.07, 6.45) is -3.82. The van der Waals surface area contributed by atoms with Crippen molar-refractivity contribution in [2.45, 2.75) is 58.7 Å². The molecule has 3 aromatic rings. The molecule has 242 valence electrons. The molecule has 2 unspecified atom stereocenters. The normalized spacial score (nSPS) is 21.5. The number of ether oxygens (including phenoxy) is 6. The van der Waals surface area contributed by atoms with Crippen molar-refractivity contribution < 1.29 is 56.8 Å². The van der Waals surface area contributed by atoms with Crippen molar-refractivity contribution in [2.24, 2.45) is 0 Å². The third-order valence-corrected chi connectivity index (χ3v) is 8.03. The van der Waals surface area contributed by atoms with E-state index in [1.807, 2.05) is 0 Å². The molecular formula is C33H31FO11S. The average molecular weight is 655 g/mol. The molecule has 2 heterocycles. The van der Waals surface area contributed by atoms with Crippen molar-refractivity contribution in [3.63, 3.8) is 0 Å². The maximum atomic E-state index is 13.9. The van der Waals surface area contributed by atoms with E-state index in [-0.39, 0.29) is 28.5 Å². The van der Waals surface area contributed by atoms with Crippen LogP contribution in [-0.4, -0.2) is 55.1 Å². The predicted octanol–water partition coefficient (Wildman–Crippen LogP) is 5.12. The summed E-state index contributed by atoms with van der Waals surface area (Å²) >= 11 is 1.21. The van der Waals surface area contributed by atoms with Crippen molar-refractivity contribution >= 4 is 41.0 Å². The Bertz CT molecular complexity index is 1690. The fourth-order valence-corrected chi connectivity index (χ4v) is 5.91. The minimum atomic E-state index is -2.12. The van der Waals surface area contributed by atoms with Gasteiger partial charge in [-0.2, -0.15) is 0 Å². The molecule has 1 aliphatic heterocycles. The lowest BCUT2D eigenvalue weighted by Gasteiger charge is -2.48. The maximum absolute atomic E-state index is 13.9. The molecule has 46 heavy (non-hydrogen) atoms. The van der Waals surface area contributed by atoms with Gasteiger partial charge in [0.1, 0.15) is 12.1 Å². The highest BCUT2D eigenvalue weighted by molar-refractivity contribution is 7.17. The van der Waals surface area contributed by atoms with Gasteiger partial charge >= 0.3 is 23.9 Å². The van der Waals surface area contributed by atoms with E-state index in [9.17, 15) is 28.4 Å². The number of carbonyl (C=O) groups excluding carboxylic acids is 5. The first-order valence-corrected chi connectivity index (χ1v) is 14.7. The molecule has 0 bridgehead atoms. The van der Waals surface area contributed by atoms with Gasteiger partial charge in [0.05, 0.1) is 4.88 Å². The van der Waals surface area contributed by atoms with Crippen molar-refractivity contribution in [3.8, 4) is 10.4 Å². The zero-order valence-corrected chi connectivity index (χ0v) is 26.6. The highest BCUT2D eigenvalue weighted by atomic mass is 32.1. The van der Waals surface area contributed by atoms with Gasteiger partial charge in [0.15, 0.2) is 11.9 Å². The number of hydrogen-bond donors (Lipinski definition) is 0. The number of halogens is 1. The lowest BCUT2D eigenvalue weighted by molar-refractivity contribution is -0.322. The molecule has 0 saturated carbocycles. The molecule has 1 saturated heterocycles. The molecule has 4 rings (SSSR count). The molecule has 0 amide bonds. The van der Waals surface area contributed by atoms with E-state index in [1.54, 1.807) is 43.3 Å². The first-order chi connectivity index (χ1) is 21.7. The van der Waals surface area contributed by atoms with Gasteiger partial charge in [-0.3, -0.25) is 24.0 Å². The number of carbonyl (C=O) groups is 5. The summed E-state index contributed by atoms with van der Waals surface area (Å²) < 4.78 is 47.1. The number of thiophene rings is 1. The van der Waals surface area contributed by atoms with E-state index in [1.165, 1.54) is 36.6 Å². The molecule has 11 nitrogen and oxygen atoms in total. The number of rotatable bonds is 9. The van der Waals surface area contributed by atoms with E-state index < -0.39 is 48.0 Å². The fourth-order valence-electron chi connectivity index (χ4n) is 4.95. The van der Waals surface area contributed by atoms with Crippen LogP contribution in [-0.2, 0) is 53.4 Å². The minimum Gasteiger partial charge on any atom is -0.454 e. The van der Waals surface area contributed by atoms with E-state index in [0.29, 0.717) is 10.4 Å². The highest BCUT2D eigenvalue weighted by Crippen LogP contribution is 2.45. The predicted molar refractivity (Wildman–Crippen MR) is 161 cm³/mol. The van der Waals surface area contributed by atoms with Gasteiger partial charge in [0.25, 0.3) is 5.79 Å². The Morgan fingerprint density at radius 3 is 2.09 bits per heavy atom. The van der Waals surface area contributed by atoms with Crippen LogP contribution in [0.25, 0.3) is 10.4 Å². The van der Waals surface area contributed by atoms with E-state index in [0.717, 1.165) is 44.4 Å². The Morgan fingerprint density at radius 2 is 1.50 bits per heavy atom. The van der Waals surface area contributed by atoms with Crippen molar-refractivity contribution in [1.82, 2.24) is 0 Å². The molecule has 0 N–H and O–H groups in total. The summed E-state index contributed by atoms with van der Waals surface area (Å²) in [5.74, 6) is -6.37. The van der Waals surface area contributed by atoms with Crippen molar-refractivity contribution in [2.75, 3.05) is 7.11 Å². The van der Waals surface area contributed by atoms with E-state index in [4.69, 9.17) is 28.4 Å². The number of esters is 4. The zero-order valence-electron chi connectivity index (χ0n) is 25.8. The average Bonchev–Trinajstić information content (AvgIpc) is 3.48. The molecule has 0 spiro atoms. The number of ketones is 1. The first kappa shape index (κ1) is 34.0. The Morgan fingerprint density at radius 1 is 0.848 bits per heavy atom. The van der Waals surface area contributed by atoms with Gasteiger partial charge in [0.2, 0.25) is 18.0 Å². The molecule has 0 aliphatic carbocycles. The molecule has 1 aliphatic rings. The molecule has 13 heteroatoms. The van der Waals surface area contributed by atoms with Crippen molar-refractivity contribution in [3.05, 3.63) is 94.0 Å². The SMILES string of the molecule is COC1(c2ccc(C)c(C(=O)c3ccc(-c4ccc(F)cc4)s3)c2)O/C(=C\OC(C)=O)[C@@H](OC(C)=O)C(OC(C)=O)[C@H]1OC(C)=O. The monoisotopic (exact) mass is 654 g/mol. The fraction of sp³-hybridized carbons (Fsp3) is 0.303. The molecule has 4 atom stereocenters. The van der Waals surface area contributed by atoms with Crippen LogP contribution in [0.3, 0.4) is 0 Å². The molecule has 1 aromatic heterocycles. The third-order valence-electron chi connectivity index (χ3n) is 6.90. The van der Waals surface area contributed by atoms with Crippen LogP contribution in [0.2, 0.25) is 0 Å². The van der Waals surface area contributed by atoms with Gasteiger partial charge in [-0.05, 0) is 48.4 Å². The van der Waals surface area contributed by atoms with Gasteiger partial charge < -0.3 is 28.4 Å². The minimum absolute atomic E-state index is 0.151. The zero-order chi connectivity index (χ0) is 33.8. The Kier molecular flexibility index (Phi) is 10.4. The van der Waals surface area contributed by atoms with Gasteiger partial charge in [-0.1, -0.05) is 24.3 Å². The summed E-state index contributed by atoms with van der Waals surface area (Å²) in [6.45, 7) is 6.15. The third kappa shape index (κ3) is 7.32. The van der Waals surface area contributed by atoms with E-state index in [2.05, 4.69) is 0 Å². The lowest BCUT2D eigenvalue weighted by atomic mass is 9.87. The smallest absolute Gasteiger partial charge is 0.307 e. The quantitative estimate of drug-likeness (QED) is 0.131. The summed E-state index contributed by atoms with van der Waals surface area (Å²) in [7, 11) is 1.23. The number of hydrogen-bond acceptors (Lipinski definition) is 12. The van der Waals surface area contributed by atoms with Crippen molar-refractivity contribution in [1.29, 1.82) is 0 Å². The lowest BCUT2D eigenvalue weighted by Crippen LogP contribution is -2.62. The molecule has 2 aromatic carbocycles. The highest BCUT2D eigenvalue weighted by Gasteiger charge is 2.61. The summed E-state index contributed by atoms with van der Waals surface area (Å²) in [4.78, 5) is 63.5. The van der Waals surface area contributed by atoms with Crippen LogP contribution in [0.15, 0.2) is 66.6 Å². The second-order valence-electron chi connectivity index (χ2n) is 10.3. The van der Waals surface area contributed by atoms with E-state index >= 15 is 0 Å². The summed E-state index contributed by atoms with van der Waals surface area (Å²) in [5.41, 5.74) is 1.71. The Labute approximate surface area is 267 Å². The molecule has 1 fully saturated rings. The van der Waals surface area contributed by atoms with Gasteiger partial charge in [0, 0.05) is 50.8 Å². The van der Waals surface area contributed by atoms with Gasteiger partial charge in [-0.25, -0.2) is 4.39 Å². The number of methoxy groups -OCH3 is 1. The Hall–Kier alpha value is -4.88. The largest absolute Gasteiger partial charge is 0.454 e. The number of benzene rings is 2. The van der Waals surface area contributed by atoms with Crippen LogP contribution >= 0.6 is 11.3 Å².